The molecule has 0 bridgehead atoms. The van der Waals surface area contributed by atoms with Crippen molar-refractivity contribution in [2.45, 2.75) is 0 Å². The molecule has 0 saturated heterocycles. The minimum Gasteiger partial charge on any atom is -0.497 e. The Bertz CT molecular complexity index is 599. The van der Waals surface area contributed by atoms with Crippen LogP contribution in [0.5, 0.6) is 17.4 Å². The summed E-state index contributed by atoms with van der Waals surface area (Å²) in [6.45, 7) is 0. The van der Waals surface area contributed by atoms with Gasteiger partial charge in [0.25, 0.3) is 0 Å². The highest BCUT2D eigenvalue weighted by Crippen LogP contribution is 2.26. The fourth-order valence-electron chi connectivity index (χ4n) is 1.43. The van der Waals surface area contributed by atoms with Crippen LogP contribution in [0.4, 0.5) is 0 Å². The first kappa shape index (κ1) is 13.4. The van der Waals surface area contributed by atoms with Gasteiger partial charge in [-0.05, 0) is 34.1 Å². The van der Waals surface area contributed by atoms with Crippen LogP contribution in [0.15, 0.2) is 41.0 Å². The quantitative estimate of drug-likeness (QED) is 0.939. The topological polar surface area (TPSA) is 74.4 Å². The van der Waals surface area contributed by atoms with Crippen molar-refractivity contribution in [3.63, 3.8) is 0 Å². The third-order valence-electron chi connectivity index (χ3n) is 2.32. The van der Waals surface area contributed by atoms with Gasteiger partial charge in [0, 0.05) is 28.4 Å². The average molecular weight is 323 g/mol. The molecule has 2 aromatic rings. The molecular weight excluding hydrogens is 312 g/mol. The second-order valence-electron chi connectivity index (χ2n) is 3.68. The first-order chi connectivity index (χ1) is 9.08. The van der Waals surface area contributed by atoms with Crippen LogP contribution in [0.3, 0.4) is 0 Å². The summed E-state index contributed by atoms with van der Waals surface area (Å²) in [6.07, 6.45) is 1.62. The van der Waals surface area contributed by atoms with E-state index >= 15 is 0 Å². The minimum absolute atomic E-state index is 0.312. The number of primary amides is 1. The number of halogens is 1. The van der Waals surface area contributed by atoms with Crippen LogP contribution < -0.4 is 15.2 Å². The van der Waals surface area contributed by atoms with Gasteiger partial charge < -0.3 is 15.2 Å². The maximum Gasteiger partial charge on any atom is 0.248 e. The molecule has 19 heavy (non-hydrogen) atoms. The Kier molecular flexibility index (Phi) is 4.01. The van der Waals surface area contributed by atoms with Gasteiger partial charge >= 0.3 is 0 Å². The Labute approximate surface area is 118 Å². The molecule has 0 atom stereocenters. The van der Waals surface area contributed by atoms with Gasteiger partial charge in [0.1, 0.15) is 11.5 Å². The number of amides is 1. The second-order valence-corrected chi connectivity index (χ2v) is 4.59. The van der Waals surface area contributed by atoms with Crippen LogP contribution >= 0.6 is 15.9 Å². The van der Waals surface area contributed by atoms with Crippen LogP contribution in [0.1, 0.15) is 10.4 Å². The minimum atomic E-state index is -0.549. The molecule has 0 fully saturated rings. The van der Waals surface area contributed by atoms with Gasteiger partial charge in [-0.2, -0.15) is 0 Å². The molecule has 1 aromatic carbocycles. The van der Waals surface area contributed by atoms with E-state index in [0.29, 0.717) is 22.9 Å². The first-order valence-corrected chi connectivity index (χ1v) is 6.16. The van der Waals surface area contributed by atoms with E-state index in [1.807, 2.05) is 0 Å². The van der Waals surface area contributed by atoms with Crippen LogP contribution in [0.25, 0.3) is 0 Å². The highest BCUT2D eigenvalue weighted by Gasteiger charge is 2.08. The molecule has 0 spiro atoms. The maximum absolute atomic E-state index is 11.2. The van der Waals surface area contributed by atoms with Crippen LogP contribution in [-0.4, -0.2) is 18.0 Å². The molecule has 1 amide bonds. The number of rotatable bonds is 4. The number of methoxy groups -OCH3 is 1. The molecule has 98 valence electrons. The molecule has 1 heterocycles. The van der Waals surface area contributed by atoms with Crippen LogP contribution in [-0.2, 0) is 0 Å². The Balaban J connectivity index is 2.31. The van der Waals surface area contributed by atoms with E-state index in [0.717, 1.165) is 4.47 Å². The fourth-order valence-corrected chi connectivity index (χ4v) is 1.67. The lowest BCUT2D eigenvalue weighted by atomic mass is 10.2. The van der Waals surface area contributed by atoms with Gasteiger partial charge in [-0.25, -0.2) is 4.98 Å². The molecular formula is C13H11BrN2O3. The molecule has 2 rings (SSSR count). The zero-order valence-corrected chi connectivity index (χ0v) is 11.7. The Morgan fingerprint density at radius 2 is 2.00 bits per heavy atom. The van der Waals surface area contributed by atoms with Gasteiger partial charge in [0.05, 0.1) is 7.11 Å². The van der Waals surface area contributed by atoms with Gasteiger partial charge in [-0.15, -0.1) is 0 Å². The third kappa shape index (κ3) is 3.45. The fraction of sp³-hybridized carbons (Fsp3) is 0.0769. The van der Waals surface area contributed by atoms with Crippen molar-refractivity contribution < 1.29 is 14.3 Å². The number of carbonyl (C=O) groups excluding carboxylic acids is 1. The average Bonchev–Trinajstić information content (AvgIpc) is 2.41. The normalized spacial score (nSPS) is 10.0. The lowest BCUT2D eigenvalue weighted by Gasteiger charge is -2.08. The van der Waals surface area contributed by atoms with E-state index in [1.165, 1.54) is 13.2 Å². The molecule has 0 saturated carbocycles. The summed E-state index contributed by atoms with van der Waals surface area (Å²) in [4.78, 5) is 15.3. The summed E-state index contributed by atoms with van der Waals surface area (Å²) in [7, 11) is 1.50. The number of hydrogen-bond acceptors (Lipinski definition) is 4. The van der Waals surface area contributed by atoms with Crippen molar-refractivity contribution in [1.82, 2.24) is 4.98 Å². The van der Waals surface area contributed by atoms with E-state index in [9.17, 15) is 4.79 Å². The molecule has 6 heteroatoms. The van der Waals surface area contributed by atoms with E-state index in [1.54, 1.807) is 30.5 Å². The number of hydrogen-bond donors (Lipinski definition) is 1. The first-order valence-electron chi connectivity index (χ1n) is 5.37. The zero-order chi connectivity index (χ0) is 13.8. The van der Waals surface area contributed by atoms with Gasteiger partial charge in [-0.1, -0.05) is 0 Å². The number of aromatic nitrogens is 1. The standard InChI is InChI=1S/C13H11BrN2O3/c1-18-10-4-8(13(15)17)5-11(6-10)19-12-3-2-9(14)7-16-12/h2-7H,1H3,(H2,15,17). The smallest absolute Gasteiger partial charge is 0.248 e. The molecule has 0 aliphatic carbocycles. The summed E-state index contributed by atoms with van der Waals surface area (Å²) >= 11 is 3.29. The number of ether oxygens (including phenoxy) is 2. The van der Waals surface area contributed by atoms with Crippen molar-refractivity contribution in [1.29, 1.82) is 0 Å². The predicted octanol–water partition coefficient (Wildman–Crippen LogP) is 2.74. The van der Waals surface area contributed by atoms with E-state index in [-0.39, 0.29) is 0 Å². The Morgan fingerprint density at radius 1 is 1.26 bits per heavy atom. The SMILES string of the molecule is COc1cc(Oc2ccc(Br)cn2)cc(C(N)=O)c1. The Morgan fingerprint density at radius 3 is 2.58 bits per heavy atom. The zero-order valence-electron chi connectivity index (χ0n) is 10.1. The second kappa shape index (κ2) is 5.71. The number of nitrogens with zero attached hydrogens (tertiary/aromatic N) is 1. The number of pyridine rings is 1. The molecule has 0 unspecified atom stereocenters. The van der Waals surface area contributed by atoms with Gasteiger partial charge in [0.2, 0.25) is 11.8 Å². The van der Waals surface area contributed by atoms with Crippen LogP contribution in [0.2, 0.25) is 0 Å². The molecule has 0 radical (unpaired) electrons. The summed E-state index contributed by atoms with van der Waals surface area (Å²) in [5, 5.41) is 0. The van der Waals surface area contributed by atoms with Crippen molar-refractivity contribution in [2.24, 2.45) is 5.73 Å². The lowest BCUT2D eigenvalue weighted by Crippen LogP contribution is -2.11. The molecule has 1 aromatic heterocycles. The predicted molar refractivity (Wildman–Crippen MR) is 73.5 cm³/mol. The van der Waals surface area contributed by atoms with Gasteiger partial charge in [0.15, 0.2) is 0 Å². The summed E-state index contributed by atoms with van der Waals surface area (Å²) < 4.78 is 11.5. The summed E-state index contributed by atoms with van der Waals surface area (Å²) in [5.74, 6) is 0.783. The van der Waals surface area contributed by atoms with Crippen molar-refractivity contribution in [3.8, 4) is 17.4 Å². The van der Waals surface area contributed by atoms with Crippen molar-refractivity contribution in [2.75, 3.05) is 7.11 Å². The molecule has 0 aliphatic rings. The number of benzene rings is 1. The number of nitrogens with two attached hydrogens (primary N) is 1. The Hall–Kier alpha value is -2.08. The molecule has 5 nitrogen and oxygen atoms in total. The monoisotopic (exact) mass is 322 g/mol. The third-order valence-corrected chi connectivity index (χ3v) is 2.79. The van der Waals surface area contributed by atoms with Crippen molar-refractivity contribution in [3.05, 3.63) is 46.6 Å². The van der Waals surface area contributed by atoms with Crippen LogP contribution in [0, 0.1) is 0 Å². The number of carbonyl (C=O) groups is 1. The van der Waals surface area contributed by atoms with Gasteiger partial charge in [-0.3, -0.25) is 4.79 Å². The largest absolute Gasteiger partial charge is 0.497 e. The van der Waals surface area contributed by atoms with Crippen molar-refractivity contribution >= 4 is 21.8 Å². The van der Waals surface area contributed by atoms with E-state index in [2.05, 4.69) is 20.9 Å². The van der Waals surface area contributed by atoms with E-state index < -0.39 is 5.91 Å². The highest BCUT2D eigenvalue weighted by molar-refractivity contribution is 9.10. The summed E-state index contributed by atoms with van der Waals surface area (Å²) in [6, 6.07) is 8.24. The summed E-state index contributed by atoms with van der Waals surface area (Å²) in [5.41, 5.74) is 5.56. The molecule has 0 aliphatic heterocycles. The lowest BCUT2D eigenvalue weighted by molar-refractivity contribution is 0.0999. The van der Waals surface area contributed by atoms with E-state index in [4.69, 9.17) is 15.2 Å². The highest BCUT2D eigenvalue weighted by atomic mass is 79.9. The maximum atomic E-state index is 11.2. The molecule has 2 N–H and O–H groups in total.